The van der Waals surface area contributed by atoms with E-state index in [-0.39, 0.29) is 40.2 Å². The van der Waals surface area contributed by atoms with Gasteiger partial charge in [0.2, 0.25) is 0 Å². The minimum atomic E-state index is -1.26. The molecule has 0 aliphatic carbocycles. The summed E-state index contributed by atoms with van der Waals surface area (Å²) in [6, 6.07) is 0. The molecule has 0 aromatic heterocycles. The predicted octanol–water partition coefficient (Wildman–Crippen LogP) is -4.19. The topological polar surface area (TPSA) is 75.6 Å². The Morgan fingerprint density at radius 2 is 2.12 bits per heavy atom. The molecule has 1 heterocycles. The van der Waals surface area contributed by atoms with Crippen LogP contribution in [0.3, 0.4) is 0 Å². The van der Waals surface area contributed by atoms with E-state index in [2.05, 4.69) is 5.32 Å². The van der Waals surface area contributed by atoms with Crippen LogP contribution in [0.4, 0.5) is 0 Å². The summed E-state index contributed by atoms with van der Waals surface area (Å²) >= 11 is 5.01. The Labute approximate surface area is 122 Å². The molecule has 0 aromatic rings. The summed E-state index contributed by atoms with van der Waals surface area (Å²) in [6.45, 7) is 4.92. The molecule has 2 N–H and O–H groups in total. The SMILES string of the molecule is CC1(C)CC(C)(O)N(CC(=O)[O-])C(=S)N1.[Na+]. The Bertz CT molecular complexity index is 307. The molecule has 1 aliphatic rings. The molecule has 1 rings (SSSR count). The minimum absolute atomic E-state index is 0. The van der Waals surface area contributed by atoms with Crippen molar-refractivity contribution >= 4 is 23.3 Å². The number of carboxylic acid groups (broad SMARTS) is 1. The van der Waals surface area contributed by atoms with Crippen LogP contribution in [0.5, 0.6) is 0 Å². The first-order chi connectivity index (χ1) is 6.64. The molecule has 1 unspecified atom stereocenters. The molecule has 0 aromatic carbocycles. The van der Waals surface area contributed by atoms with Gasteiger partial charge in [-0.2, -0.15) is 0 Å². The molecule has 0 bridgehead atoms. The first-order valence-corrected chi connectivity index (χ1v) is 5.07. The van der Waals surface area contributed by atoms with E-state index < -0.39 is 18.2 Å². The fourth-order valence-electron chi connectivity index (χ4n) is 1.92. The molecule has 0 amide bonds. The van der Waals surface area contributed by atoms with Crippen molar-refractivity contribution in [3.05, 3.63) is 0 Å². The number of aliphatic hydroxyl groups is 1. The van der Waals surface area contributed by atoms with Crippen molar-refractivity contribution in [2.24, 2.45) is 0 Å². The van der Waals surface area contributed by atoms with Gasteiger partial charge in [0.25, 0.3) is 0 Å². The molecule has 7 heteroatoms. The molecule has 5 nitrogen and oxygen atoms in total. The number of carbonyl (C=O) groups is 1. The molecule has 16 heavy (non-hydrogen) atoms. The van der Waals surface area contributed by atoms with Crippen LogP contribution in [0, 0.1) is 0 Å². The molecule has 0 spiro atoms. The Balaban J connectivity index is 0.00000225. The molecular weight excluding hydrogens is 239 g/mol. The van der Waals surface area contributed by atoms with E-state index >= 15 is 0 Å². The van der Waals surface area contributed by atoms with Crippen LogP contribution >= 0.6 is 12.2 Å². The zero-order valence-electron chi connectivity index (χ0n) is 10.0. The number of aliphatic carboxylic acids is 1. The number of hydrogen-bond acceptors (Lipinski definition) is 4. The number of carbonyl (C=O) groups excluding carboxylic acids is 1. The van der Waals surface area contributed by atoms with E-state index in [0.717, 1.165) is 0 Å². The fraction of sp³-hybridized carbons (Fsp3) is 0.778. The number of hydrogen-bond donors (Lipinski definition) is 2. The monoisotopic (exact) mass is 254 g/mol. The first kappa shape index (κ1) is 16.1. The van der Waals surface area contributed by atoms with Gasteiger partial charge in [-0.15, -0.1) is 0 Å². The van der Waals surface area contributed by atoms with Crippen molar-refractivity contribution in [3.63, 3.8) is 0 Å². The quantitative estimate of drug-likeness (QED) is 0.384. The standard InChI is InChI=1S/C9H16N2O3S.Na/c1-8(2)5-9(3,14)11(4-6(12)13)7(15)10-8;/h14H,4-5H2,1-3H3,(H,10,15)(H,12,13);/q;+1/p-1. The average molecular weight is 254 g/mol. The van der Waals surface area contributed by atoms with Crippen LogP contribution in [-0.4, -0.2) is 38.9 Å². The summed E-state index contributed by atoms with van der Waals surface area (Å²) < 4.78 is 0. The summed E-state index contributed by atoms with van der Waals surface area (Å²) in [5.41, 5.74) is -1.60. The maximum absolute atomic E-state index is 10.5. The van der Waals surface area contributed by atoms with Crippen LogP contribution in [0.2, 0.25) is 0 Å². The Hall–Kier alpha value is 0.120. The predicted molar refractivity (Wildman–Crippen MR) is 56.8 cm³/mol. The molecule has 0 radical (unpaired) electrons. The van der Waals surface area contributed by atoms with Crippen LogP contribution in [0.15, 0.2) is 0 Å². The number of nitrogens with one attached hydrogen (secondary N) is 1. The van der Waals surface area contributed by atoms with E-state index in [9.17, 15) is 15.0 Å². The number of carboxylic acids is 1. The smallest absolute Gasteiger partial charge is 0.548 e. The molecule has 0 saturated carbocycles. The second kappa shape index (κ2) is 5.18. The van der Waals surface area contributed by atoms with E-state index in [1.165, 1.54) is 4.90 Å². The van der Waals surface area contributed by atoms with E-state index in [1.807, 2.05) is 13.8 Å². The van der Waals surface area contributed by atoms with Gasteiger partial charge in [-0.3, -0.25) is 0 Å². The molecule has 1 aliphatic heterocycles. The maximum Gasteiger partial charge on any atom is 1.00 e. The zero-order valence-corrected chi connectivity index (χ0v) is 12.8. The van der Waals surface area contributed by atoms with E-state index in [4.69, 9.17) is 12.2 Å². The van der Waals surface area contributed by atoms with Crippen molar-refractivity contribution < 1.29 is 44.6 Å². The largest absolute Gasteiger partial charge is 1.00 e. The number of nitrogens with zero attached hydrogens (tertiary/aromatic N) is 1. The van der Waals surface area contributed by atoms with Gasteiger partial charge < -0.3 is 25.2 Å². The Kier molecular flexibility index (Phi) is 5.22. The zero-order chi connectivity index (χ0) is 11.9. The van der Waals surface area contributed by atoms with Crippen molar-refractivity contribution in [1.82, 2.24) is 10.2 Å². The average Bonchev–Trinajstić information content (AvgIpc) is 1.93. The van der Waals surface area contributed by atoms with Gasteiger partial charge in [-0.25, -0.2) is 0 Å². The Morgan fingerprint density at radius 3 is 2.50 bits per heavy atom. The molecule has 86 valence electrons. The molecule has 1 saturated heterocycles. The fourth-order valence-corrected chi connectivity index (χ4v) is 2.46. The van der Waals surface area contributed by atoms with Crippen LogP contribution < -0.4 is 40.0 Å². The second-order valence-corrected chi connectivity index (χ2v) is 5.05. The summed E-state index contributed by atoms with van der Waals surface area (Å²) in [4.78, 5) is 11.7. The van der Waals surface area contributed by atoms with Crippen molar-refractivity contribution in [1.29, 1.82) is 0 Å². The van der Waals surface area contributed by atoms with Gasteiger partial charge in [-0.1, -0.05) is 0 Å². The van der Waals surface area contributed by atoms with E-state index in [0.29, 0.717) is 6.42 Å². The minimum Gasteiger partial charge on any atom is -0.548 e. The van der Waals surface area contributed by atoms with Crippen LogP contribution in [0.1, 0.15) is 27.2 Å². The molecular formula is C9H15N2NaO3S. The summed E-state index contributed by atoms with van der Waals surface area (Å²) in [7, 11) is 0. The van der Waals surface area contributed by atoms with Gasteiger partial charge in [0, 0.05) is 12.0 Å². The van der Waals surface area contributed by atoms with Crippen LogP contribution in [-0.2, 0) is 4.79 Å². The normalized spacial score (nSPS) is 28.0. The number of thiocarbonyl (C=S) groups is 1. The third-order valence-corrected chi connectivity index (χ3v) is 2.66. The second-order valence-electron chi connectivity index (χ2n) is 4.67. The molecule has 1 fully saturated rings. The van der Waals surface area contributed by atoms with Gasteiger partial charge in [-0.05, 0) is 33.0 Å². The van der Waals surface area contributed by atoms with Crippen molar-refractivity contribution in [2.45, 2.75) is 38.5 Å². The van der Waals surface area contributed by atoms with Crippen molar-refractivity contribution in [3.8, 4) is 0 Å². The Morgan fingerprint density at radius 1 is 1.62 bits per heavy atom. The van der Waals surface area contributed by atoms with Crippen molar-refractivity contribution in [2.75, 3.05) is 6.54 Å². The summed E-state index contributed by atoms with van der Waals surface area (Å²) in [5.74, 6) is -1.26. The first-order valence-electron chi connectivity index (χ1n) is 4.66. The van der Waals surface area contributed by atoms with E-state index in [1.54, 1.807) is 6.92 Å². The number of rotatable bonds is 2. The van der Waals surface area contributed by atoms with Gasteiger partial charge in [0.1, 0.15) is 5.72 Å². The third-order valence-electron chi connectivity index (χ3n) is 2.34. The summed E-state index contributed by atoms with van der Waals surface area (Å²) in [5, 5.41) is 23.8. The third kappa shape index (κ3) is 3.85. The molecule has 1 atom stereocenters. The van der Waals surface area contributed by atoms with Gasteiger partial charge in [0.15, 0.2) is 5.11 Å². The van der Waals surface area contributed by atoms with Gasteiger partial charge in [0.05, 0.1) is 12.5 Å². The van der Waals surface area contributed by atoms with Crippen LogP contribution in [0.25, 0.3) is 0 Å². The maximum atomic E-state index is 10.5. The summed E-state index contributed by atoms with van der Waals surface area (Å²) in [6.07, 6.45) is 0.382. The van der Waals surface area contributed by atoms with Gasteiger partial charge >= 0.3 is 29.6 Å².